The van der Waals surface area contributed by atoms with E-state index >= 15 is 0 Å². The quantitative estimate of drug-likeness (QED) is 0.299. The highest BCUT2D eigenvalue weighted by molar-refractivity contribution is 5.56. The molecule has 0 aliphatic rings. The van der Waals surface area contributed by atoms with E-state index in [-0.39, 0.29) is 0 Å². The Morgan fingerprint density at radius 3 is 1.45 bits per heavy atom. The number of nitrogens with zero attached hydrogens (tertiary/aromatic N) is 2. The van der Waals surface area contributed by atoms with Crippen molar-refractivity contribution in [3.8, 4) is 0 Å². The number of benzene rings is 3. The highest BCUT2D eigenvalue weighted by atomic mass is 15.1. The fourth-order valence-corrected chi connectivity index (χ4v) is 5.11. The van der Waals surface area contributed by atoms with Crippen LogP contribution in [0, 0.1) is 13.8 Å². The van der Waals surface area contributed by atoms with Crippen LogP contribution in [0.1, 0.15) is 67.9 Å². The Balaban J connectivity index is 2.00. The van der Waals surface area contributed by atoms with Gasteiger partial charge in [0.15, 0.2) is 0 Å². The van der Waals surface area contributed by atoms with Crippen molar-refractivity contribution in [2.24, 2.45) is 0 Å². The summed E-state index contributed by atoms with van der Waals surface area (Å²) in [5, 5.41) is 0. The first-order valence-electron chi connectivity index (χ1n) is 12.8. The molecule has 33 heavy (non-hydrogen) atoms. The Bertz CT molecular complexity index is 939. The van der Waals surface area contributed by atoms with Crippen LogP contribution in [0.4, 0.5) is 11.4 Å². The van der Waals surface area contributed by atoms with Crippen LogP contribution in [0.25, 0.3) is 0 Å². The highest BCUT2D eigenvalue weighted by Gasteiger charge is 2.20. The summed E-state index contributed by atoms with van der Waals surface area (Å²) in [5.41, 5.74) is 9.78. The van der Waals surface area contributed by atoms with Gasteiger partial charge in [0.2, 0.25) is 0 Å². The lowest BCUT2D eigenvalue weighted by atomic mass is 9.82. The molecule has 0 aliphatic carbocycles. The predicted octanol–water partition coefficient (Wildman–Crippen LogP) is 7.76. The minimum absolute atomic E-state index is 0.390. The molecule has 0 aromatic heterocycles. The van der Waals surface area contributed by atoms with Crippen molar-refractivity contribution in [2.75, 3.05) is 36.0 Å². The maximum absolute atomic E-state index is 2.43. The molecule has 2 nitrogen and oxygen atoms in total. The van der Waals surface area contributed by atoms with Crippen LogP contribution in [0.5, 0.6) is 0 Å². The molecule has 0 unspecified atom stereocenters. The average molecular weight is 443 g/mol. The van der Waals surface area contributed by atoms with Crippen LogP contribution in [-0.4, -0.2) is 26.2 Å². The Hall–Kier alpha value is -2.74. The van der Waals surface area contributed by atoms with Gasteiger partial charge < -0.3 is 9.80 Å². The van der Waals surface area contributed by atoms with Gasteiger partial charge in [-0.15, -0.1) is 0 Å². The minimum atomic E-state index is 0.390. The van der Waals surface area contributed by atoms with E-state index in [0.29, 0.717) is 5.92 Å². The molecule has 3 aromatic carbocycles. The van der Waals surface area contributed by atoms with E-state index in [0.717, 1.165) is 39.0 Å². The standard InChI is InChI=1S/C31H42N2/c1-7-32(8-2)27-17-20-29(24(5)22-27)31(19-16-26-14-12-11-13-15-26)30-21-18-28(23-25(30)6)33(9-3)10-4/h11-15,17-18,20-23,31H,7-10,16,19H2,1-6H3. The third kappa shape index (κ3) is 5.99. The summed E-state index contributed by atoms with van der Waals surface area (Å²) in [6.45, 7) is 17.7. The van der Waals surface area contributed by atoms with Crippen molar-refractivity contribution in [1.29, 1.82) is 0 Å². The van der Waals surface area contributed by atoms with Gasteiger partial charge in [-0.05, 0) is 106 Å². The lowest BCUT2D eigenvalue weighted by Crippen LogP contribution is -2.22. The first-order chi connectivity index (χ1) is 16.0. The minimum Gasteiger partial charge on any atom is -0.372 e. The summed E-state index contributed by atoms with van der Waals surface area (Å²) < 4.78 is 0. The molecule has 0 amide bonds. The van der Waals surface area contributed by atoms with Gasteiger partial charge in [0, 0.05) is 43.5 Å². The Morgan fingerprint density at radius 1 is 0.606 bits per heavy atom. The Kier molecular flexibility index (Phi) is 9.00. The molecule has 0 N–H and O–H groups in total. The van der Waals surface area contributed by atoms with Crippen LogP contribution >= 0.6 is 0 Å². The maximum Gasteiger partial charge on any atom is 0.0368 e. The monoisotopic (exact) mass is 442 g/mol. The van der Waals surface area contributed by atoms with Gasteiger partial charge in [-0.25, -0.2) is 0 Å². The zero-order chi connectivity index (χ0) is 23.8. The summed E-state index contributed by atoms with van der Waals surface area (Å²) in [5.74, 6) is 0.390. The van der Waals surface area contributed by atoms with Gasteiger partial charge in [0.25, 0.3) is 0 Å². The Morgan fingerprint density at radius 2 is 1.06 bits per heavy atom. The van der Waals surface area contributed by atoms with E-state index in [2.05, 4.69) is 118 Å². The van der Waals surface area contributed by atoms with Gasteiger partial charge in [-0.1, -0.05) is 42.5 Å². The molecule has 0 saturated carbocycles. The molecule has 0 saturated heterocycles. The van der Waals surface area contributed by atoms with Crippen LogP contribution in [0.3, 0.4) is 0 Å². The Labute approximate surface area is 202 Å². The molecule has 0 aliphatic heterocycles. The van der Waals surface area contributed by atoms with E-state index in [4.69, 9.17) is 0 Å². The van der Waals surface area contributed by atoms with Crippen molar-refractivity contribution >= 4 is 11.4 Å². The first-order valence-corrected chi connectivity index (χ1v) is 12.8. The molecule has 3 rings (SSSR count). The number of rotatable bonds is 11. The predicted molar refractivity (Wildman–Crippen MR) is 146 cm³/mol. The summed E-state index contributed by atoms with van der Waals surface area (Å²) in [7, 11) is 0. The maximum atomic E-state index is 2.43. The van der Waals surface area contributed by atoms with Gasteiger partial charge in [-0.3, -0.25) is 0 Å². The molecule has 0 heterocycles. The average Bonchev–Trinajstić information content (AvgIpc) is 2.83. The van der Waals surface area contributed by atoms with Crippen LogP contribution < -0.4 is 9.80 Å². The number of hydrogen-bond donors (Lipinski definition) is 0. The normalized spacial score (nSPS) is 11.1. The summed E-state index contributed by atoms with van der Waals surface area (Å²) in [6.07, 6.45) is 2.20. The third-order valence-corrected chi connectivity index (χ3v) is 7.08. The van der Waals surface area contributed by atoms with E-state index in [1.807, 2.05) is 0 Å². The fourth-order valence-electron chi connectivity index (χ4n) is 5.11. The van der Waals surface area contributed by atoms with Crippen molar-refractivity contribution in [1.82, 2.24) is 0 Å². The molecule has 0 fully saturated rings. The van der Waals surface area contributed by atoms with Crippen molar-refractivity contribution in [3.05, 3.63) is 94.5 Å². The highest BCUT2D eigenvalue weighted by Crippen LogP contribution is 2.36. The molecular weight excluding hydrogens is 400 g/mol. The van der Waals surface area contributed by atoms with Crippen molar-refractivity contribution in [2.45, 2.75) is 60.3 Å². The SMILES string of the molecule is CCN(CC)c1ccc(C(CCc2ccccc2)c2ccc(N(CC)CC)cc2C)c(C)c1. The third-order valence-electron chi connectivity index (χ3n) is 7.08. The van der Waals surface area contributed by atoms with Crippen molar-refractivity contribution < 1.29 is 0 Å². The second kappa shape index (κ2) is 11.9. The first kappa shape index (κ1) is 24.9. The summed E-state index contributed by atoms with van der Waals surface area (Å²) >= 11 is 0. The number of hydrogen-bond acceptors (Lipinski definition) is 2. The van der Waals surface area contributed by atoms with E-state index in [1.54, 1.807) is 0 Å². The number of anilines is 2. The van der Waals surface area contributed by atoms with Crippen molar-refractivity contribution in [3.63, 3.8) is 0 Å². The zero-order valence-corrected chi connectivity index (χ0v) is 21.6. The second-order valence-corrected chi connectivity index (χ2v) is 9.00. The number of aryl methyl sites for hydroxylation is 3. The smallest absolute Gasteiger partial charge is 0.0368 e. The molecular formula is C31H42N2. The zero-order valence-electron chi connectivity index (χ0n) is 21.6. The summed E-state index contributed by atoms with van der Waals surface area (Å²) in [4.78, 5) is 4.86. The van der Waals surface area contributed by atoms with Crippen LogP contribution in [0.15, 0.2) is 66.7 Å². The molecule has 0 atom stereocenters. The largest absolute Gasteiger partial charge is 0.372 e. The molecule has 0 radical (unpaired) electrons. The lowest BCUT2D eigenvalue weighted by molar-refractivity contribution is 0.706. The van der Waals surface area contributed by atoms with E-state index < -0.39 is 0 Å². The molecule has 3 aromatic rings. The fraction of sp³-hybridized carbons (Fsp3) is 0.419. The molecule has 2 heteroatoms. The van der Waals surface area contributed by atoms with E-state index in [9.17, 15) is 0 Å². The molecule has 0 spiro atoms. The van der Waals surface area contributed by atoms with Gasteiger partial charge >= 0.3 is 0 Å². The molecule has 0 bridgehead atoms. The van der Waals surface area contributed by atoms with Crippen LogP contribution in [0.2, 0.25) is 0 Å². The summed E-state index contributed by atoms with van der Waals surface area (Å²) in [6, 6.07) is 25.1. The van der Waals surface area contributed by atoms with Gasteiger partial charge in [-0.2, -0.15) is 0 Å². The van der Waals surface area contributed by atoms with Gasteiger partial charge in [0.1, 0.15) is 0 Å². The van der Waals surface area contributed by atoms with E-state index in [1.165, 1.54) is 39.2 Å². The molecule has 176 valence electrons. The van der Waals surface area contributed by atoms with Crippen LogP contribution in [-0.2, 0) is 6.42 Å². The second-order valence-electron chi connectivity index (χ2n) is 9.00. The topological polar surface area (TPSA) is 6.48 Å². The lowest BCUT2D eigenvalue weighted by Gasteiger charge is -2.27. The van der Waals surface area contributed by atoms with Gasteiger partial charge in [0.05, 0.1) is 0 Å².